The Kier molecular flexibility index (Phi) is 4.26. The fourth-order valence-electron chi connectivity index (χ4n) is 3.73. The number of nitrogens with one attached hydrogen (secondary N) is 1. The van der Waals surface area contributed by atoms with Crippen molar-refractivity contribution < 1.29 is 0 Å². The number of aromatic nitrogens is 1. The Bertz CT molecular complexity index is 1010. The first-order chi connectivity index (χ1) is 12.6. The lowest BCUT2D eigenvalue weighted by molar-refractivity contribution is 0.985. The maximum Gasteiger partial charge on any atom is 0.0486 e. The number of fused-ring (bicyclic) bond motifs is 1. The molecule has 3 aromatic carbocycles. The molecule has 4 rings (SSSR count). The van der Waals surface area contributed by atoms with E-state index in [0.717, 1.165) is 0 Å². The van der Waals surface area contributed by atoms with E-state index in [0.29, 0.717) is 0 Å². The van der Waals surface area contributed by atoms with Crippen LogP contribution in [-0.2, 0) is 0 Å². The molecule has 0 spiro atoms. The average molecular weight is 340 g/mol. The van der Waals surface area contributed by atoms with Gasteiger partial charge in [0.2, 0.25) is 0 Å². The van der Waals surface area contributed by atoms with Gasteiger partial charge in [-0.1, -0.05) is 60.7 Å². The normalized spacial score (nSPS) is 12.3. The zero-order chi connectivity index (χ0) is 18.1. The highest BCUT2D eigenvalue weighted by molar-refractivity contribution is 5.87. The molecule has 0 amide bonds. The van der Waals surface area contributed by atoms with E-state index >= 15 is 0 Å². The first-order valence-corrected chi connectivity index (χ1v) is 9.04. The molecule has 130 valence electrons. The Morgan fingerprint density at radius 3 is 2.15 bits per heavy atom. The molecule has 0 radical (unpaired) electrons. The average Bonchev–Trinajstić information content (AvgIpc) is 3.09. The SMILES string of the molecule is Cc1cccc2c(C(c3ccccc3)c3ccc(N(C)C)cc3)c[nH]c12. The summed E-state index contributed by atoms with van der Waals surface area (Å²) in [5, 5.41) is 1.30. The van der Waals surface area contributed by atoms with Crippen molar-refractivity contribution in [3.63, 3.8) is 0 Å². The second kappa shape index (κ2) is 6.72. The van der Waals surface area contributed by atoms with Crippen LogP contribution in [0.1, 0.15) is 28.2 Å². The van der Waals surface area contributed by atoms with Crippen molar-refractivity contribution in [2.24, 2.45) is 0 Å². The number of para-hydroxylation sites is 1. The highest BCUT2D eigenvalue weighted by Crippen LogP contribution is 2.37. The Balaban J connectivity index is 1.90. The highest BCUT2D eigenvalue weighted by Gasteiger charge is 2.20. The van der Waals surface area contributed by atoms with Gasteiger partial charge < -0.3 is 9.88 Å². The van der Waals surface area contributed by atoms with E-state index in [1.54, 1.807) is 0 Å². The molecule has 2 nitrogen and oxygen atoms in total. The first-order valence-electron chi connectivity index (χ1n) is 9.04. The predicted molar refractivity (Wildman–Crippen MR) is 111 cm³/mol. The van der Waals surface area contributed by atoms with Crippen molar-refractivity contribution in [3.05, 3.63) is 101 Å². The van der Waals surface area contributed by atoms with Gasteiger partial charge in [0.1, 0.15) is 0 Å². The maximum atomic E-state index is 3.50. The van der Waals surface area contributed by atoms with Crippen LogP contribution in [0.25, 0.3) is 10.9 Å². The van der Waals surface area contributed by atoms with Gasteiger partial charge in [0, 0.05) is 42.8 Å². The summed E-state index contributed by atoms with van der Waals surface area (Å²) in [5.41, 5.74) is 7.68. The van der Waals surface area contributed by atoms with Crippen LogP contribution < -0.4 is 4.90 Å². The van der Waals surface area contributed by atoms with Crippen LogP contribution in [0, 0.1) is 6.92 Å². The van der Waals surface area contributed by atoms with Gasteiger partial charge in [0.25, 0.3) is 0 Å². The molecule has 1 unspecified atom stereocenters. The van der Waals surface area contributed by atoms with Gasteiger partial charge in [-0.15, -0.1) is 0 Å². The Hall–Kier alpha value is -3.00. The summed E-state index contributed by atoms with van der Waals surface area (Å²) in [6, 6.07) is 26.2. The molecule has 0 aliphatic heterocycles. The summed E-state index contributed by atoms with van der Waals surface area (Å²) in [7, 11) is 4.15. The number of anilines is 1. The lowest BCUT2D eigenvalue weighted by Gasteiger charge is -2.20. The van der Waals surface area contributed by atoms with Crippen LogP contribution in [0.3, 0.4) is 0 Å². The molecule has 1 N–H and O–H groups in total. The monoisotopic (exact) mass is 340 g/mol. The maximum absolute atomic E-state index is 3.50. The van der Waals surface area contributed by atoms with Gasteiger partial charge in [-0.2, -0.15) is 0 Å². The zero-order valence-electron chi connectivity index (χ0n) is 15.5. The first kappa shape index (κ1) is 16.5. The minimum Gasteiger partial charge on any atom is -0.378 e. The molecule has 0 aliphatic rings. The van der Waals surface area contributed by atoms with Gasteiger partial charge in [0.05, 0.1) is 0 Å². The van der Waals surface area contributed by atoms with E-state index in [1.807, 2.05) is 0 Å². The van der Waals surface area contributed by atoms with Crippen molar-refractivity contribution in [3.8, 4) is 0 Å². The summed E-state index contributed by atoms with van der Waals surface area (Å²) in [6.07, 6.45) is 2.18. The van der Waals surface area contributed by atoms with Crippen molar-refractivity contribution in [2.45, 2.75) is 12.8 Å². The zero-order valence-corrected chi connectivity index (χ0v) is 15.5. The van der Waals surface area contributed by atoms with E-state index in [1.165, 1.54) is 38.8 Å². The summed E-state index contributed by atoms with van der Waals surface area (Å²) in [4.78, 5) is 5.63. The van der Waals surface area contributed by atoms with Crippen LogP contribution in [-0.4, -0.2) is 19.1 Å². The Morgan fingerprint density at radius 2 is 1.46 bits per heavy atom. The second-order valence-corrected chi connectivity index (χ2v) is 7.07. The predicted octanol–water partition coefficient (Wildman–Crippen LogP) is 5.72. The minimum absolute atomic E-state index is 0.211. The molecule has 0 aliphatic carbocycles. The molecule has 0 saturated carbocycles. The number of H-pyrrole nitrogens is 1. The van der Waals surface area contributed by atoms with Crippen molar-refractivity contribution in [1.29, 1.82) is 0 Å². The third-order valence-electron chi connectivity index (χ3n) is 5.14. The Morgan fingerprint density at radius 1 is 0.769 bits per heavy atom. The van der Waals surface area contributed by atoms with E-state index in [-0.39, 0.29) is 5.92 Å². The number of aromatic amines is 1. The van der Waals surface area contributed by atoms with Gasteiger partial charge in [-0.3, -0.25) is 0 Å². The topological polar surface area (TPSA) is 19.0 Å². The van der Waals surface area contributed by atoms with Gasteiger partial charge in [-0.05, 0) is 41.3 Å². The Labute approximate surface area is 155 Å². The third kappa shape index (κ3) is 2.88. The number of benzene rings is 3. The largest absolute Gasteiger partial charge is 0.378 e. The lowest BCUT2D eigenvalue weighted by Crippen LogP contribution is -2.09. The van der Waals surface area contributed by atoms with E-state index in [9.17, 15) is 0 Å². The standard InChI is InChI=1S/C24H24N2/c1-17-8-7-11-21-22(16-25-24(17)21)23(18-9-5-4-6-10-18)19-12-14-20(15-13-19)26(2)3/h4-16,23,25H,1-3H3. The molecule has 26 heavy (non-hydrogen) atoms. The third-order valence-corrected chi connectivity index (χ3v) is 5.14. The number of nitrogens with zero attached hydrogens (tertiary/aromatic N) is 1. The number of hydrogen-bond donors (Lipinski definition) is 1. The molecular weight excluding hydrogens is 316 g/mol. The van der Waals surface area contributed by atoms with E-state index < -0.39 is 0 Å². The van der Waals surface area contributed by atoms with E-state index in [4.69, 9.17) is 0 Å². The number of rotatable bonds is 4. The molecule has 0 fully saturated rings. The number of aryl methyl sites for hydroxylation is 1. The highest BCUT2D eigenvalue weighted by atomic mass is 15.1. The smallest absolute Gasteiger partial charge is 0.0486 e. The summed E-state index contributed by atoms with van der Waals surface area (Å²) >= 11 is 0. The quantitative estimate of drug-likeness (QED) is 0.503. The van der Waals surface area contributed by atoms with Crippen LogP contribution >= 0.6 is 0 Å². The molecule has 0 saturated heterocycles. The fraction of sp³-hybridized carbons (Fsp3) is 0.167. The van der Waals surface area contributed by atoms with Crippen LogP contribution in [0.15, 0.2) is 79.0 Å². The fourth-order valence-corrected chi connectivity index (χ4v) is 3.73. The van der Waals surface area contributed by atoms with E-state index in [2.05, 4.69) is 110 Å². The van der Waals surface area contributed by atoms with Crippen LogP contribution in [0.5, 0.6) is 0 Å². The molecule has 2 heteroatoms. The molecule has 1 atom stereocenters. The van der Waals surface area contributed by atoms with Gasteiger partial charge >= 0.3 is 0 Å². The van der Waals surface area contributed by atoms with Gasteiger partial charge in [-0.25, -0.2) is 0 Å². The number of hydrogen-bond acceptors (Lipinski definition) is 1. The summed E-state index contributed by atoms with van der Waals surface area (Å²) in [6.45, 7) is 2.16. The minimum atomic E-state index is 0.211. The van der Waals surface area contributed by atoms with Crippen LogP contribution in [0.2, 0.25) is 0 Å². The molecular formula is C24H24N2. The van der Waals surface area contributed by atoms with Gasteiger partial charge in [0.15, 0.2) is 0 Å². The van der Waals surface area contributed by atoms with Crippen molar-refractivity contribution >= 4 is 16.6 Å². The van der Waals surface area contributed by atoms with Crippen molar-refractivity contribution in [2.75, 3.05) is 19.0 Å². The van der Waals surface area contributed by atoms with Crippen molar-refractivity contribution in [1.82, 2.24) is 4.98 Å². The summed E-state index contributed by atoms with van der Waals surface area (Å²) < 4.78 is 0. The molecule has 1 aromatic heterocycles. The van der Waals surface area contributed by atoms with Crippen LogP contribution in [0.4, 0.5) is 5.69 Å². The summed E-state index contributed by atoms with van der Waals surface area (Å²) in [5.74, 6) is 0.211. The second-order valence-electron chi connectivity index (χ2n) is 7.07. The molecule has 1 heterocycles. The molecule has 0 bridgehead atoms. The lowest BCUT2D eigenvalue weighted by atomic mass is 9.85. The molecule has 4 aromatic rings.